The maximum absolute atomic E-state index is 11.3. The summed E-state index contributed by atoms with van der Waals surface area (Å²) >= 11 is 1.24. The molecule has 88 valence electrons. The molecule has 0 radical (unpaired) electrons. The standard InChI is InChI=1S/C8H12N4O3S/c9-5(7(14)15)2-11-6(13)1-4-3-16-8(10)12-4/h3,5H,1-2,9H2,(H2,10,12)(H,11,13)(H,14,15)/t5-/m0/s1. The number of nitrogen functional groups attached to an aromatic ring is 1. The lowest BCUT2D eigenvalue weighted by molar-refractivity contribution is -0.138. The summed E-state index contributed by atoms with van der Waals surface area (Å²) in [5.41, 5.74) is 11.2. The first kappa shape index (κ1) is 12.4. The maximum Gasteiger partial charge on any atom is 0.322 e. The summed E-state index contributed by atoms with van der Waals surface area (Å²) in [6, 6.07) is -1.09. The van der Waals surface area contributed by atoms with Gasteiger partial charge in [-0.1, -0.05) is 0 Å². The van der Waals surface area contributed by atoms with Crippen molar-refractivity contribution in [3.8, 4) is 0 Å². The predicted molar refractivity (Wildman–Crippen MR) is 58.9 cm³/mol. The van der Waals surface area contributed by atoms with E-state index in [2.05, 4.69) is 10.3 Å². The van der Waals surface area contributed by atoms with Crippen molar-refractivity contribution in [3.63, 3.8) is 0 Å². The summed E-state index contributed by atoms with van der Waals surface area (Å²) < 4.78 is 0. The second-order valence-electron chi connectivity index (χ2n) is 3.10. The maximum atomic E-state index is 11.3. The van der Waals surface area contributed by atoms with Crippen molar-refractivity contribution in [1.29, 1.82) is 0 Å². The van der Waals surface area contributed by atoms with Gasteiger partial charge < -0.3 is 21.9 Å². The SMILES string of the molecule is Nc1nc(CC(=O)NC[C@H](N)C(=O)O)cs1. The van der Waals surface area contributed by atoms with Gasteiger partial charge in [0.25, 0.3) is 0 Å². The summed E-state index contributed by atoms with van der Waals surface area (Å²) in [5, 5.41) is 13.0. The number of aliphatic carboxylic acids is 1. The Morgan fingerprint density at radius 3 is 2.81 bits per heavy atom. The minimum absolute atomic E-state index is 0.0695. The van der Waals surface area contributed by atoms with Crippen LogP contribution in [0.2, 0.25) is 0 Å². The van der Waals surface area contributed by atoms with Gasteiger partial charge in [-0.2, -0.15) is 0 Å². The molecule has 0 unspecified atom stereocenters. The Kier molecular flexibility index (Phi) is 4.20. The third-order valence-corrected chi connectivity index (χ3v) is 2.47. The number of amides is 1. The molecule has 1 aromatic heterocycles. The molecule has 7 nitrogen and oxygen atoms in total. The summed E-state index contributed by atoms with van der Waals surface area (Å²) in [6.07, 6.45) is 0.0695. The van der Waals surface area contributed by atoms with Crippen LogP contribution in [-0.4, -0.2) is 34.6 Å². The second-order valence-corrected chi connectivity index (χ2v) is 3.99. The molecule has 0 spiro atoms. The van der Waals surface area contributed by atoms with Gasteiger partial charge in [-0.3, -0.25) is 9.59 Å². The Balaban J connectivity index is 2.34. The third-order valence-electron chi connectivity index (χ3n) is 1.75. The number of nitrogens with zero attached hydrogens (tertiary/aromatic N) is 1. The molecule has 0 aliphatic rings. The van der Waals surface area contributed by atoms with Crippen molar-refractivity contribution < 1.29 is 14.7 Å². The quantitative estimate of drug-likeness (QED) is 0.514. The number of carboxylic acids is 1. The number of anilines is 1. The first-order valence-corrected chi connectivity index (χ1v) is 5.32. The zero-order chi connectivity index (χ0) is 12.1. The fourth-order valence-corrected chi connectivity index (χ4v) is 1.50. The molecule has 0 saturated carbocycles. The van der Waals surface area contributed by atoms with Gasteiger partial charge in [0.1, 0.15) is 6.04 Å². The molecule has 1 atom stereocenters. The molecule has 0 fully saturated rings. The molecule has 0 aliphatic carbocycles. The molecule has 1 amide bonds. The Labute approximate surface area is 95.5 Å². The van der Waals surface area contributed by atoms with Gasteiger partial charge in [-0.25, -0.2) is 4.98 Å². The molecular formula is C8H12N4O3S. The number of thiazole rings is 1. The topological polar surface area (TPSA) is 131 Å². The summed E-state index contributed by atoms with van der Waals surface area (Å²) in [5.74, 6) is -1.49. The monoisotopic (exact) mass is 244 g/mol. The number of carboxylic acid groups (broad SMARTS) is 1. The van der Waals surface area contributed by atoms with Crippen LogP contribution in [0.5, 0.6) is 0 Å². The first-order valence-electron chi connectivity index (χ1n) is 4.44. The molecule has 0 aliphatic heterocycles. The fourth-order valence-electron chi connectivity index (χ4n) is 0.942. The van der Waals surface area contributed by atoms with Crippen molar-refractivity contribution in [2.45, 2.75) is 12.5 Å². The van der Waals surface area contributed by atoms with E-state index in [1.54, 1.807) is 5.38 Å². The van der Waals surface area contributed by atoms with Crippen molar-refractivity contribution in [3.05, 3.63) is 11.1 Å². The van der Waals surface area contributed by atoms with Crippen LogP contribution in [0.4, 0.5) is 5.13 Å². The number of nitrogens with two attached hydrogens (primary N) is 2. The van der Waals surface area contributed by atoms with Crippen LogP contribution >= 0.6 is 11.3 Å². The minimum atomic E-state index is -1.15. The number of rotatable bonds is 5. The van der Waals surface area contributed by atoms with E-state index in [-0.39, 0.29) is 18.9 Å². The van der Waals surface area contributed by atoms with Crippen LogP contribution in [-0.2, 0) is 16.0 Å². The molecule has 1 aromatic rings. The average Bonchev–Trinajstić information content (AvgIpc) is 2.60. The van der Waals surface area contributed by atoms with Crippen LogP contribution in [0.15, 0.2) is 5.38 Å². The second kappa shape index (κ2) is 5.42. The Morgan fingerprint density at radius 1 is 1.62 bits per heavy atom. The molecular weight excluding hydrogens is 232 g/mol. The summed E-state index contributed by atoms with van der Waals surface area (Å²) in [4.78, 5) is 25.6. The number of carbonyl (C=O) groups is 2. The van der Waals surface area contributed by atoms with E-state index in [1.807, 2.05) is 0 Å². The number of hydrogen-bond donors (Lipinski definition) is 4. The minimum Gasteiger partial charge on any atom is -0.480 e. The number of aromatic nitrogens is 1. The Bertz CT molecular complexity index is 392. The Morgan fingerprint density at radius 2 is 2.31 bits per heavy atom. The third kappa shape index (κ3) is 3.83. The van der Waals surface area contributed by atoms with Gasteiger partial charge in [-0.05, 0) is 0 Å². The lowest BCUT2D eigenvalue weighted by atomic mass is 10.3. The smallest absolute Gasteiger partial charge is 0.322 e. The van der Waals surface area contributed by atoms with E-state index in [1.165, 1.54) is 11.3 Å². The molecule has 16 heavy (non-hydrogen) atoms. The highest BCUT2D eigenvalue weighted by atomic mass is 32.1. The molecule has 1 heterocycles. The van der Waals surface area contributed by atoms with E-state index in [0.717, 1.165) is 0 Å². The lowest BCUT2D eigenvalue weighted by Gasteiger charge is -2.07. The zero-order valence-electron chi connectivity index (χ0n) is 8.34. The highest BCUT2D eigenvalue weighted by molar-refractivity contribution is 7.13. The van der Waals surface area contributed by atoms with E-state index in [9.17, 15) is 9.59 Å². The van der Waals surface area contributed by atoms with Gasteiger partial charge in [0.2, 0.25) is 5.91 Å². The van der Waals surface area contributed by atoms with Crippen molar-refractivity contribution in [2.75, 3.05) is 12.3 Å². The molecule has 0 bridgehead atoms. The van der Waals surface area contributed by atoms with Gasteiger partial charge in [-0.15, -0.1) is 11.3 Å². The van der Waals surface area contributed by atoms with Gasteiger partial charge >= 0.3 is 5.97 Å². The van der Waals surface area contributed by atoms with E-state index in [0.29, 0.717) is 10.8 Å². The van der Waals surface area contributed by atoms with Crippen molar-refractivity contribution >= 4 is 28.3 Å². The summed E-state index contributed by atoms with van der Waals surface area (Å²) in [7, 11) is 0. The predicted octanol–water partition coefficient (Wildman–Crippen LogP) is -1.20. The summed E-state index contributed by atoms with van der Waals surface area (Å²) in [6.45, 7) is -0.103. The van der Waals surface area contributed by atoms with E-state index >= 15 is 0 Å². The molecule has 8 heteroatoms. The van der Waals surface area contributed by atoms with Crippen LogP contribution in [0.3, 0.4) is 0 Å². The molecule has 0 aromatic carbocycles. The average molecular weight is 244 g/mol. The first-order chi connectivity index (χ1) is 7.49. The van der Waals surface area contributed by atoms with Crippen LogP contribution in [0.1, 0.15) is 5.69 Å². The zero-order valence-corrected chi connectivity index (χ0v) is 9.16. The van der Waals surface area contributed by atoms with Crippen LogP contribution < -0.4 is 16.8 Å². The van der Waals surface area contributed by atoms with E-state index < -0.39 is 12.0 Å². The van der Waals surface area contributed by atoms with Crippen LogP contribution in [0.25, 0.3) is 0 Å². The lowest BCUT2D eigenvalue weighted by Crippen LogP contribution is -2.42. The molecule has 6 N–H and O–H groups in total. The molecule has 0 saturated heterocycles. The van der Waals surface area contributed by atoms with Crippen molar-refractivity contribution in [1.82, 2.24) is 10.3 Å². The normalized spacial score (nSPS) is 12.1. The fraction of sp³-hybridized carbons (Fsp3) is 0.375. The molecule has 1 rings (SSSR count). The number of carbonyl (C=O) groups excluding carboxylic acids is 1. The Hall–Kier alpha value is -1.67. The largest absolute Gasteiger partial charge is 0.480 e. The van der Waals surface area contributed by atoms with E-state index in [4.69, 9.17) is 16.6 Å². The van der Waals surface area contributed by atoms with Crippen molar-refractivity contribution in [2.24, 2.45) is 5.73 Å². The van der Waals surface area contributed by atoms with Gasteiger partial charge in [0, 0.05) is 11.9 Å². The van der Waals surface area contributed by atoms with Gasteiger partial charge in [0.05, 0.1) is 12.1 Å². The number of nitrogens with one attached hydrogen (secondary N) is 1. The highest BCUT2D eigenvalue weighted by Gasteiger charge is 2.13. The highest BCUT2D eigenvalue weighted by Crippen LogP contribution is 2.10. The van der Waals surface area contributed by atoms with Gasteiger partial charge in [0.15, 0.2) is 5.13 Å². The van der Waals surface area contributed by atoms with Crippen LogP contribution in [0, 0.1) is 0 Å². The number of hydrogen-bond acceptors (Lipinski definition) is 6.